The van der Waals surface area contributed by atoms with Crippen LogP contribution in [0.4, 0.5) is 24.7 Å². The van der Waals surface area contributed by atoms with E-state index in [9.17, 15) is 18.7 Å². The molecule has 0 spiro atoms. The third-order valence-electron chi connectivity index (χ3n) is 6.94. The van der Waals surface area contributed by atoms with Gasteiger partial charge in [-0.05, 0) is 72.2 Å². The molecule has 1 aliphatic heterocycles. The van der Waals surface area contributed by atoms with E-state index >= 15 is 4.39 Å². The number of nitrogens with one attached hydrogen (secondary N) is 1. The summed E-state index contributed by atoms with van der Waals surface area (Å²) in [7, 11) is 0. The smallest absolute Gasteiger partial charge is 0.303 e. The number of anilines is 2. The van der Waals surface area contributed by atoms with Crippen molar-refractivity contribution in [3.8, 4) is 0 Å². The fourth-order valence-corrected chi connectivity index (χ4v) is 4.73. The number of hydrogen-bond donors (Lipinski definition) is 2. The molecule has 1 aliphatic rings. The highest BCUT2D eigenvalue weighted by Crippen LogP contribution is 2.45. The molecule has 2 heterocycles. The molecule has 1 aromatic heterocycles. The fourth-order valence-electron chi connectivity index (χ4n) is 4.73. The molecular formula is C27H31F3N4O2. The molecule has 0 aliphatic carbocycles. The Bertz CT molecular complexity index is 1370. The number of carbonyl (C=O) groups is 1. The van der Waals surface area contributed by atoms with Crippen molar-refractivity contribution in [3.05, 3.63) is 58.7 Å². The number of fused-ring (bicyclic) bond motifs is 2. The van der Waals surface area contributed by atoms with Gasteiger partial charge in [0.25, 0.3) is 0 Å². The lowest BCUT2D eigenvalue weighted by Crippen LogP contribution is -2.41. The van der Waals surface area contributed by atoms with Gasteiger partial charge in [-0.25, -0.2) is 14.4 Å². The SMILES string of the molecule is CCN1C(=O)C(C)(C)c2cc3nc(C)nc(NC(C)c4cccc(C(F)(F)C(C)(C)O)c4F)c3cc21. The largest absolute Gasteiger partial charge is 0.384 e. The van der Waals surface area contributed by atoms with Crippen LogP contribution in [0.25, 0.3) is 10.9 Å². The number of rotatable bonds is 6. The summed E-state index contributed by atoms with van der Waals surface area (Å²) in [6, 6.07) is 6.74. The van der Waals surface area contributed by atoms with Crippen LogP contribution in [0.1, 0.15) is 70.1 Å². The molecule has 0 fully saturated rings. The summed E-state index contributed by atoms with van der Waals surface area (Å²) in [6.07, 6.45) is 0. The highest BCUT2D eigenvalue weighted by molar-refractivity contribution is 6.10. The molecule has 0 saturated carbocycles. The Morgan fingerprint density at radius 3 is 2.47 bits per heavy atom. The van der Waals surface area contributed by atoms with E-state index in [1.165, 1.54) is 12.1 Å². The summed E-state index contributed by atoms with van der Waals surface area (Å²) in [4.78, 5) is 23.7. The van der Waals surface area contributed by atoms with E-state index in [1.54, 1.807) is 18.7 Å². The van der Waals surface area contributed by atoms with E-state index in [1.807, 2.05) is 32.9 Å². The van der Waals surface area contributed by atoms with Crippen molar-refractivity contribution in [3.63, 3.8) is 0 Å². The zero-order chi connectivity index (χ0) is 26.8. The second kappa shape index (κ2) is 8.44. The molecular weight excluding hydrogens is 469 g/mol. The van der Waals surface area contributed by atoms with Crippen LogP contribution < -0.4 is 10.2 Å². The number of aliphatic hydroxyl groups is 1. The third-order valence-corrected chi connectivity index (χ3v) is 6.94. The molecule has 2 aromatic carbocycles. The van der Waals surface area contributed by atoms with Crippen molar-refractivity contribution < 1.29 is 23.1 Å². The lowest BCUT2D eigenvalue weighted by atomic mass is 9.85. The van der Waals surface area contributed by atoms with Gasteiger partial charge in [-0.1, -0.05) is 12.1 Å². The number of aromatic nitrogens is 2. The quantitative estimate of drug-likeness (QED) is 0.450. The standard InChI is InChI=1S/C27H31F3N4O2/c1-8-34-21-12-17-20(13-19(21)25(4,5)24(34)35)32-15(3)33-23(17)31-14(2)16-10-9-11-18(22(16)28)27(29,30)26(6,7)36/h9-14,36H,8H2,1-7H3,(H,31,32,33). The molecule has 192 valence electrons. The Labute approximate surface area is 208 Å². The minimum absolute atomic E-state index is 0.00511. The number of nitrogens with zero attached hydrogens (tertiary/aromatic N) is 3. The van der Waals surface area contributed by atoms with E-state index in [0.29, 0.717) is 29.1 Å². The van der Waals surface area contributed by atoms with Gasteiger partial charge in [-0.2, -0.15) is 8.78 Å². The molecule has 6 nitrogen and oxygen atoms in total. The Kier molecular flexibility index (Phi) is 6.06. The molecule has 9 heteroatoms. The summed E-state index contributed by atoms with van der Waals surface area (Å²) in [5.41, 5.74) is -1.75. The molecule has 0 radical (unpaired) electrons. The highest BCUT2D eigenvalue weighted by Gasteiger charge is 2.49. The van der Waals surface area contributed by atoms with E-state index in [0.717, 1.165) is 31.2 Å². The maximum Gasteiger partial charge on any atom is 0.303 e. The maximum absolute atomic E-state index is 15.3. The normalized spacial score (nSPS) is 16.4. The molecule has 36 heavy (non-hydrogen) atoms. The van der Waals surface area contributed by atoms with Gasteiger partial charge in [0.15, 0.2) is 0 Å². The number of amides is 1. The van der Waals surface area contributed by atoms with Crippen molar-refractivity contribution >= 4 is 28.3 Å². The summed E-state index contributed by atoms with van der Waals surface area (Å²) < 4.78 is 44.9. The Balaban J connectivity index is 1.80. The van der Waals surface area contributed by atoms with Gasteiger partial charge >= 0.3 is 5.92 Å². The van der Waals surface area contributed by atoms with E-state index in [-0.39, 0.29) is 11.5 Å². The zero-order valence-corrected chi connectivity index (χ0v) is 21.5. The average Bonchev–Trinajstić information content (AvgIpc) is 2.96. The predicted molar refractivity (Wildman–Crippen MR) is 134 cm³/mol. The minimum atomic E-state index is -3.80. The van der Waals surface area contributed by atoms with E-state index in [2.05, 4.69) is 15.3 Å². The number of carbonyl (C=O) groups excluding carboxylic acids is 1. The summed E-state index contributed by atoms with van der Waals surface area (Å²) in [5.74, 6) is -4.02. The zero-order valence-electron chi connectivity index (χ0n) is 21.5. The molecule has 1 atom stereocenters. The molecule has 0 bridgehead atoms. The lowest BCUT2D eigenvalue weighted by Gasteiger charge is -2.30. The Morgan fingerprint density at radius 1 is 1.19 bits per heavy atom. The summed E-state index contributed by atoms with van der Waals surface area (Å²) in [5, 5.41) is 13.7. The van der Waals surface area contributed by atoms with Gasteiger partial charge in [0, 0.05) is 23.2 Å². The molecule has 4 rings (SSSR count). The van der Waals surface area contributed by atoms with Crippen molar-refractivity contribution in [1.82, 2.24) is 9.97 Å². The van der Waals surface area contributed by atoms with Gasteiger partial charge in [-0.3, -0.25) is 4.79 Å². The van der Waals surface area contributed by atoms with Crippen molar-refractivity contribution in [2.75, 3.05) is 16.8 Å². The van der Waals surface area contributed by atoms with Crippen LogP contribution in [0.15, 0.2) is 30.3 Å². The van der Waals surface area contributed by atoms with Crippen LogP contribution in [0, 0.1) is 12.7 Å². The maximum atomic E-state index is 15.3. The first-order valence-electron chi connectivity index (χ1n) is 11.9. The molecule has 2 N–H and O–H groups in total. The van der Waals surface area contributed by atoms with Crippen LogP contribution >= 0.6 is 0 Å². The second-order valence-electron chi connectivity index (χ2n) is 10.4. The monoisotopic (exact) mass is 500 g/mol. The van der Waals surface area contributed by atoms with Gasteiger partial charge < -0.3 is 15.3 Å². The van der Waals surface area contributed by atoms with Crippen LogP contribution in [0.5, 0.6) is 0 Å². The van der Waals surface area contributed by atoms with Crippen LogP contribution in [-0.2, 0) is 16.1 Å². The van der Waals surface area contributed by atoms with Crippen molar-refractivity contribution in [1.29, 1.82) is 0 Å². The van der Waals surface area contributed by atoms with Crippen molar-refractivity contribution in [2.24, 2.45) is 0 Å². The van der Waals surface area contributed by atoms with Gasteiger partial charge in [0.05, 0.1) is 22.5 Å². The number of likely N-dealkylation sites (N-methyl/N-ethyl adjacent to an activating group) is 1. The van der Waals surface area contributed by atoms with Crippen LogP contribution in [0.2, 0.25) is 0 Å². The lowest BCUT2D eigenvalue weighted by molar-refractivity contribution is -0.170. The number of aryl methyl sites for hydroxylation is 1. The van der Waals surface area contributed by atoms with Crippen LogP contribution in [-0.4, -0.2) is 33.1 Å². The van der Waals surface area contributed by atoms with E-state index in [4.69, 9.17) is 0 Å². The molecule has 1 unspecified atom stereocenters. The van der Waals surface area contributed by atoms with Gasteiger partial charge in [-0.15, -0.1) is 0 Å². The van der Waals surface area contributed by atoms with Crippen LogP contribution in [0.3, 0.4) is 0 Å². The number of alkyl halides is 2. The van der Waals surface area contributed by atoms with Gasteiger partial charge in [0.1, 0.15) is 23.1 Å². The number of hydrogen-bond acceptors (Lipinski definition) is 5. The molecule has 1 amide bonds. The number of benzene rings is 2. The predicted octanol–water partition coefficient (Wildman–Crippen LogP) is 5.76. The first-order chi connectivity index (χ1) is 16.6. The third kappa shape index (κ3) is 3.89. The van der Waals surface area contributed by atoms with Gasteiger partial charge in [0.2, 0.25) is 5.91 Å². The summed E-state index contributed by atoms with van der Waals surface area (Å²) >= 11 is 0. The molecule has 3 aromatic rings. The Morgan fingerprint density at radius 2 is 1.86 bits per heavy atom. The molecule has 0 saturated heterocycles. The highest BCUT2D eigenvalue weighted by atomic mass is 19.3. The summed E-state index contributed by atoms with van der Waals surface area (Å²) in [6.45, 7) is 11.4. The minimum Gasteiger partial charge on any atom is -0.384 e. The number of halogens is 3. The first kappa shape index (κ1) is 25.9. The first-order valence-corrected chi connectivity index (χ1v) is 11.9. The average molecular weight is 501 g/mol. The fraction of sp³-hybridized carbons (Fsp3) is 0.444. The van der Waals surface area contributed by atoms with Crippen molar-refractivity contribution in [2.45, 2.75) is 71.4 Å². The second-order valence-corrected chi connectivity index (χ2v) is 10.4. The Hall–Kier alpha value is -3.20. The van der Waals surface area contributed by atoms with E-state index < -0.39 is 34.4 Å². The topological polar surface area (TPSA) is 78.4 Å².